The number of carbonyl (C=O) groups excluding carboxylic acids is 2. The summed E-state index contributed by atoms with van der Waals surface area (Å²) in [5.74, 6) is 0.434. The van der Waals surface area contributed by atoms with Gasteiger partial charge in [-0.3, -0.25) is 9.59 Å². The molecule has 1 heterocycles. The number of anilines is 1. The standard InChI is InChI=1S/C21H24N2O2/c1-15-5-11-19(12-6-15)22-20(24)17-7-9-18(10-8-17)21(25)23-13-3-4-16(2)14-23/h5-12,16H,3-4,13-14H2,1-2H3,(H,22,24). The van der Waals surface area contributed by atoms with E-state index in [1.807, 2.05) is 36.1 Å². The van der Waals surface area contributed by atoms with Crippen molar-refractivity contribution in [2.75, 3.05) is 18.4 Å². The van der Waals surface area contributed by atoms with E-state index in [9.17, 15) is 9.59 Å². The molecule has 4 heteroatoms. The molecule has 0 spiro atoms. The van der Waals surface area contributed by atoms with Gasteiger partial charge in [0.25, 0.3) is 11.8 Å². The lowest BCUT2D eigenvalue weighted by molar-refractivity contribution is 0.0682. The highest BCUT2D eigenvalue weighted by Crippen LogP contribution is 2.18. The molecule has 1 unspecified atom stereocenters. The first-order valence-electron chi connectivity index (χ1n) is 8.80. The summed E-state index contributed by atoms with van der Waals surface area (Å²) >= 11 is 0. The van der Waals surface area contributed by atoms with Crippen LogP contribution in [-0.2, 0) is 0 Å². The fourth-order valence-electron chi connectivity index (χ4n) is 3.16. The average Bonchev–Trinajstić information content (AvgIpc) is 2.63. The number of likely N-dealkylation sites (tertiary alicyclic amines) is 1. The Morgan fingerprint density at radius 2 is 1.64 bits per heavy atom. The van der Waals surface area contributed by atoms with Gasteiger partial charge in [-0.2, -0.15) is 0 Å². The van der Waals surface area contributed by atoms with Gasteiger partial charge in [0.15, 0.2) is 0 Å². The third-order valence-corrected chi connectivity index (χ3v) is 4.65. The highest BCUT2D eigenvalue weighted by Gasteiger charge is 2.22. The van der Waals surface area contributed by atoms with Crippen molar-refractivity contribution in [2.24, 2.45) is 5.92 Å². The number of nitrogens with zero attached hydrogens (tertiary/aromatic N) is 1. The lowest BCUT2D eigenvalue weighted by Crippen LogP contribution is -2.39. The number of aryl methyl sites for hydroxylation is 1. The van der Waals surface area contributed by atoms with E-state index in [4.69, 9.17) is 0 Å². The first-order chi connectivity index (χ1) is 12.0. The van der Waals surface area contributed by atoms with Gasteiger partial charge in [-0.05, 0) is 62.1 Å². The number of carbonyl (C=O) groups is 2. The van der Waals surface area contributed by atoms with Gasteiger partial charge in [-0.1, -0.05) is 24.6 Å². The molecular weight excluding hydrogens is 312 g/mol. The Balaban J connectivity index is 1.66. The summed E-state index contributed by atoms with van der Waals surface area (Å²) in [7, 11) is 0. The molecule has 0 radical (unpaired) electrons. The van der Waals surface area contributed by atoms with E-state index in [-0.39, 0.29) is 11.8 Å². The predicted octanol–water partition coefficient (Wildman–Crippen LogP) is 4.12. The maximum absolute atomic E-state index is 12.6. The number of rotatable bonds is 3. The van der Waals surface area contributed by atoms with Crippen LogP contribution in [0.5, 0.6) is 0 Å². The molecule has 130 valence electrons. The number of hydrogen-bond donors (Lipinski definition) is 1. The Hall–Kier alpha value is -2.62. The monoisotopic (exact) mass is 336 g/mol. The largest absolute Gasteiger partial charge is 0.338 e. The molecule has 1 fully saturated rings. The van der Waals surface area contributed by atoms with Crippen LogP contribution in [0, 0.1) is 12.8 Å². The molecule has 1 aliphatic heterocycles. The molecule has 4 nitrogen and oxygen atoms in total. The van der Waals surface area contributed by atoms with E-state index < -0.39 is 0 Å². The molecule has 0 aliphatic carbocycles. The minimum atomic E-state index is -0.172. The second-order valence-corrected chi connectivity index (χ2v) is 6.90. The minimum absolute atomic E-state index is 0.0528. The molecule has 1 atom stereocenters. The van der Waals surface area contributed by atoms with E-state index in [1.54, 1.807) is 24.3 Å². The Bertz CT molecular complexity index is 750. The van der Waals surface area contributed by atoms with E-state index in [2.05, 4.69) is 12.2 Å². The van der Waals surface area contributed by atoms with Gasteiger partial charge in [0.05, 0.1) is 0 Å². The highest BCUT2D eigenvalue weighted by atomic mass is 16.2. The third kappa shape index (κ3) is 4.27. The van der Waals surface area contributed by atoms with Crippen molar-refractivity contribution in [3.8, 4) is 0 Å². The summed E-state index contributed by atoms with van der Waals surface area (Å²) in [6.07, 6.45) is 2.24. The molecule has 3 rings (SSSR count). The molecule has 0 bridgehead atoms. The molecule has 1 saturated heterocycles. The van der Waals surface area contributed by atoms with Gasteiger partial charge < -0.3 is 10.2 Å². The summed E-state index contributed by atoms with van der Waals surface area (Å²) in [5, 5.41) is 2.87. The van der Waals surface area contributed by atoms with Crippen LogP contribution in [0.2, 0.25) is 0 Å². The fraction of sp³-hybridized carbons (Fsp3) is 0.333. The summed E-state index contributed by atoms with van der Waals surface area (Å²) in [4.78, 5) is 26.8. The molecule has 2 aromatic rings. The second kappa shape index (κ2) is 7.51. The molecule has 2 aromatic carbocycles. The van der Waals surface area contributed by atoms with Crippen LogP contribution < -0.4 is 5.32 Å². The van der Waals surface area contributed by atoms with Gasteiger partial charge in [0.1, 0.15) is 0 Å². The Morgan fingerprint density at radius 1 is 1.00 bits per heavy atom. The lowest BCUT2D eigenvalue weighted by Gasteiger charge is -2.31. The van der Waals surface area contributed by atoms with Crippen molar-refractivity contribution < 1.29 is 9.59 Å². The molecule has 2 amide bonds. The maximum Gasteiger partial charge on any atom is 0.255 e. The van der Waals surface area contributed by atoms with E-state index in [0.29, 0.717) is 17.0 Å². The van der Waals surface area contributed by atoms with Crippen LogP contribution >= 0.6 is 0 Å². The Labute approximate surface area is 148 Å². The van der Waals surface area contributed by atoms with Gasteiger partial charge in [0.2, 0.25) is 0 Å². The van der Waals surface area contributed by atoms with Crippen molar-refractivity contribution in [1.82, 2.24) is 4.90 Å². The molecule has 0 saturated carbocycles. The maximum atomic E-state index is 12.6. The van der Waals surface area contributed by atoms with E-state index in [1.165, 1.54) is 6.42 Å². The summed E-state index contributed by atoms with van der Waals surface area (Å²) in [6, 6.07) is 14.6. The van der Waals surface area contributed by atoms with Crippen LogP contribution in [0.25, 0.3) is 0 Å². The van der Waals surface area contributed by atoms with Crippen molar-refractivity contribution in [1.29, 1.82) is 0 Å². The smallest absolute Gasteiger partial charge is 0.255 e. The normalized spacial score (nSPS) is 17.2. The lowest BCUT2D eigenvalue weighted by atomic mass is 9.99. The van der Waals surface area contributed by atoms with E-state index in [0.717, 1.165) is 30.8 Å². The zero-order chi connectivity index (χ0) is 17.8. The highest BCUT2D eigenvalue weighted by molar-refractivity contribution is 6.05. The van der Waals surface area contributed by atoms with Gasteiger partial charge >= 0.3 is 0 Å². The predicted molar refractivity (Wildman–Crippen MR) is 99.9 cm³/mol. The fourth-order valence-corrected chi connectivity index (χ4v) is 3.16. The van der Waals surface area contributed by atoms with Crippen LogP contribution in [0.3, 0.4) is 0 Å². The summed E-state index contributed by atoms with van der Waals surface area (Å²) in [6.45, 7) is 5.82. The van der Waals surface area contributed by atoms with Gasteiger partial charge in [0, 0.05) is 29.9 Å². The van der Waals surface area contributed by atoms with Crippen molar-refractivity contribution in [2.45, 2.75) is 26.7 Å². The number of nitrogens with one attached hydrogen (secondary N) is 1. The van der Waals surface area contributed by atoms with Crippen molar-refractivity contribution in [3.63, 3.8) is 0 Å². The van der Waals surface area contributed by atoms with Gasteiger partial charge in [-0.25, -0.2) is 0 Å². The summed E-state index contributed by atoms with van der Waals surface area (Å²) < 4.78 is 0. The third-order valence-electron chi connectivity index (χ3n) is 4.65. The quantitative estimate of drug-likeness (QED) is 0.916. The molecule has 25 heavy (non-hydrogen) atoms. The number of amides is 2. The first-order valence-corrected chi connectivity index (χ1v) is 8.80. The zero-order valence-electron chi connectivity index (χ0n) is 14.8. The zero-order valence-corrected chi connectivity index (χ0v) is 14.8. The molecule has 1 N–H and O–H groups in total. The molecule has 1 aliphatic rings. The van der Waals surface area contributed by atoms with Gasteiger partial charge in [-0.15, -0.1) is 0 Å². The summed E-state index contributed by atoms with van der Waals surface area (Å²) in [5.41, 5.74) is 3.09. The van der Waals surface area contributed by atoms with Crippen molar-refractivity contribution >= 4 is 17.5 Å². The second-order valence-electron chi connectivity index (χ2n) is 6.90. The topological polar surface area (TPSA) is 49.4 Å². The number of hydrogen-bond acceptors (Lipinski definition) is 2. The van der Waals surface area contributed by atoms with Crippen LogP contribution in [0.4, 0.5) is 5.69 Å². The Morgan fingerprint density at radius 3 is 2.28 bits per heavy atom. The SMILES string of the molecule is Cc1ccc(NC(=O)c2ccc(C(=O)N3CCCC(C)C3)cc2)cc1. The number of piperidine rings is 1. The average molecular weight is 336 g/mol. The molecular formula is C21H24N2O2. The van der Waals surface area contributed by atoms with Crippen LogP contribution in [0.1, 0.15) is 46.0 Å². The Kier molecular flexibility index (Phi) is 5.17. The molecule has 0 aromatic heterocycles. The minimum Gasteiger partial charge on any atom is -0.338 e. The number of benzene rings is 2. The first kappa shape index (κ1) is 17.2. The van der Waals surface area contributed by atoms with E-state index >= 15 is 0 Å². The van der Waals surface area contributed by atoms with Crippen LogP contribution in [0.15, 0.2) is 48.5 Å². The van der Waals surface area contributed by atoms with Crippen molar-refractivity contribution in [3.05, 3.63) is 65.2 Å². The van der Waals surface area contributed by atoms with Crippen LogP contribution in [-0.4, -0.2) is 29.8 Å².